The summed E-state index contributed by atoms with van der Waals surface area (Å²) in [6.07, 6.45) is 11.8. The molecule has 0 unspecified atom stereocenters. The van der Waals surface area contributed by atoms with Crippen LogP contribution in [0.15, 0.2) is 0 Å². The van der Waals surface area contributed by atoms with Crippen LogP contribution in [0.4, 0.5) is 0 Å². The largest absolute Gasteiger partial charge is 0.481 e. The van der Waals surface area contributed by atoms with Crippen LogP contribution in [0.3, 0.4) is 0 Å². The minimum atomic E-state index is -1.74. The highest BCUT2D eigenvalue weighted by atomic mass is 32.2. The van der Waals surface area contributed by atoms with Crippen LogP contribution >= 0.6 is 47.0 Å². The number of rotatable bonds is 43. The van der Waals surface area contributed by atoms with Gasteiger partial charge in [0.15, 0.2) is 23.1 Å². The molecule has 0 aromatic carbocycles. The van der Waals surface area contributed by atoms with Crippen LogP contribution in [0.25, 0.3) is 0 Å². The van der Waals surface area contributed by atoms with Gasteiger partial charge in [0.2, 0.25) is 0 Å². The van der Waals surface area contributed by atoms with Crippen LogP contribution in [0.2, 0.25) is 0 Å². The molecule has 0 amide bonds. The summed E-state index contributed by atoms with van der Waals surface area (Å²) in [4.78, 5) is 129. The first kappa shape index (κ1) is 61.5. The molecule has 10 N–H and O–H groups in total. The zero-order valence-corrected chi connectivity index (χ0v) is 41.4. The fourth-order valence-corrected chi connectivity index (χ4v) is 8.96. The molecular formula is C44H74N4O12S4. The lowest BCUT2D eigenvalue weighted by atomic mass is 9.82. The van der Waals surface area contributed by atoms with Crippen LogP contribution in [-0.2, 0) is 47.9 Å². The Morgan fingerprint density at radius 1 is 0.375 bits per heavy atom. The lowest BCUT2D eigenvalue weighted by Gasteiger charge is -2.21. The second kappa shape index (κ2) is 35.7. The molecule has 64 heavy (non-hydrogen) atoms. The third-order valence-electron chi connectivity index (χ3n) is 11.1. The summed E-state index contributed by atoms with van der Waals surface area (Å²) in [5.74, 6) is -12.5. The van der Waals surface area contributed by atoms with Gasteiger partial charge in [-0.3, -0.25) is 47.9 Å². The van der Waals surface area contributed by atoms with Gasteiger partial charge < -0.3 is 33.1 Å². The maximum Gasteiger partial charge on any atom is 0.314 e. The SMILES string of the molecule is CSCC[C@H](N)C(=O)[C@H](CC(=O)[C@H](CC(=O)CCCCCCCCCCC(=O)C[C@@H](C(=O)C[C@H](C(=O)O)C(=O)[C@@H](N)CCSC)C(=O)[C@@H](N)CCSC)C(=O)[C@@H](N)CCSC)C(=O)O. The zero-order valence-electron chi connectivity index (χ0n) is 38.1. The number of carboxylic acids is 2. The van der Waals surface area contributed by atoms with Crippen LogP contribution in [0, 0.1) is 23.7 Å². The lowest BCUT2D eigenvalue weighted by molar-refractivity contribution is -0.151. The van der Waals surface area contributed by atoms with E-state index in [2.05, 4.69) is 0 Å². The predicted molar refractivity (Wildman–Crippen MR) is 258 cm³/mol. The van der Waals surface area contributed by atoms with Crippen molar-refractivity contribution in [2.24, 2.45) is 46.6 Å². The Labute approximate surface area is 395 Å². The topological polar surface area (TPSA) is 315 Å². The number of hydrogen-bond acceptors (Lipinski definition) is 18. The summed E-state index contributed by atoms with van der Waals surface area (Å²) in [7, 11) is 0. The second-order valence-corrected chi connectivity index (χ2v) is 20.1. The lowest BCUT2D eigenvalue weighted by Crippen LogP contribution is -2.44. The van der Waals surface area contributed by atoms with Crippen molar-refractivity contribution in [2.45, 2.75) is 140 Å². The molecule has 0 aliphatic heterocycles. The highest BCUT2D eigenvalue weighted by molar-refractivity contribution is 7.99. The molecule has 0 bridgehead atoms. The van der Waals surface area contributed by atoms with E-state index >= 15 is 0 Å². The number of unbranched alkanes of at least 4 members (excludes halogenated alkanes) is 7. The first-order valence-electron chi connectivity index (χ1n) is 22.0. The highest BCUT2D eigenvalue weighted by Crippen LogP contribution is 2.23. The van der Waals surface area contributed by atoms with Crippen molar-refractivity contribution in [2.75, 3.05) is 48.0 Å². The summed E-state index contributed by atoms with van der Waals surface area (Å²) in [5.41, 5.74) is 24.0. The monoisotopic (exact) mass is 978 g/mol. The van der Waals surface area contributed by atoms with E-state index in [-0.39, 0.29) is 50.1 Å². The van der Waals surface area contributed by atoms with Gasteiger partial charge in [-0.25, -0.2) is 0 Å². The quantitative estimate of drug-likeness (QED) is 0.0372. The molecule has 0 aromatic heterocycles. The molecule has 0 aliphatic rings. The normalized spacial score (nSPS) is 15.2. The number of ketones is 8. The Morgan fingerprint density at radius 3 is 0.844 bits per heavy atom. The van der Waals surface area contributed by atoms with E-state index in [1.807, 2.05) is 25.0 Å². The van der Waals surface area contributed by atoms with Crippen molar-refractivity contribution >= 4 is 105 Å². The minimum absolute atomic E-state index is 0.105. The van der Waals surface area contributed by atoms with Crippen LogP contribution in [-0.4, -0.2) is 141 Å². The summed E-state index contributed by atoms with van der Waals surface area (Å²) >= 11 is 5.79. The molecule has 0 saturated heterocycles. The van der Waals surface area contributed by atoms with E-state index in [9.17, 15) is 58.2 Å². The summed E-state index contributed by atoms with van der Waals surface area (Å²) in [6, 6.07) is -4.23. The molecule has 0 saturated carbocycles. The van der Waals surface area contributed by atoms with Gasteiger partial charge in [-0.05, 0) is 86.6 Å². The molecule has 0 spiro atoms. The minimum Gasteiger partial charge on any atom is -0.481 e. The summed E-state index contributed by atoms with van der Waals surface area (Å²) in [6.45, 7) is 0. The molecule has 0 aliphatic carbocycles. The predicted octanol–water partition coefficient (Wildman–Crippen LogP) is 3.96. The first-order chi connectivity index (χ1) is 30.3. The third-order valence-corrected chi connectivity index (χ3v) is 13.7. The van der Waals surface area contributed by atoms with Crippen molar-refractivity contribution in [1.29, 1.82) is 0 Å². The molecule has 8 atom stereocenters. The Morgan fingerprint density at radius 2 is 0.609 bits per heavy atom. The number of hydrogen-bond donors (Lipinski definition) is 6. The fourth-order valence-electron chi connectivity index (χ4n) is 7.00. The Kier molecular flexibility index (Phi) is 34.3. The van der Waals surface area contributed by atoms with Gasteiger partial charge in [-0.1, -0.05) is 38.5 Å². The van der Waals surface area contributed by atoms with Gasteiger partial charge >= 0.3 is 11.9 Å². The van der Waals surface area contributed by atoms with Crippen molar-refractivity contribution in [3.8, 4) is 0 Å². The van der Waals surface area contributed by atoms with E-state index in [0.717, 1.165) is 25.7 Å². The Balaban J connectivity index is 5.17. The Hall–Kier alpha value is -2.46. The smallest absolute Gasteiger partial charge is 0.314 e. The highest BCUT2D eigenvalue weighted by Gasteiger charge is 2.40. The molecule has 0 aromatic rings. The molecule has 0 heterocycles. The first-order valence-corrected chi connectivity index (χ1v) is 27.5. The number of Topliss-reactive ketones (excluding diaryl/α,β-unsaturated/α-hetero) is 8. The Bertz CT molecular complexity index is 1430. The summed E-state index contributed by atoms with van der Waals surface area (Å²) < 4.78 is 0. The van der Waals surface area contributed by atoms with E-state index in [4.69, 9.17) is 22.9 Å². The summed E-state index contributed by atoms with van der Waals surface area (Å²) in [5, 5.41) is 19.5. The van der Waals surface area contributed by atoms with Crippen LogP contribution < -0.4 is 22.9 Å². The molecule has 0 fully saturated rings. The molecule has 0 rings (SSSR count). The fraction of sp³-hybridized carbons (Fsp3) is 0.773. The third kappa shape index (κ3) is 24.9. The number of carbonyl (C=O) groups excluding carboxylic acids is 8. The van der Waals surface area contributed by atoms with Gasteiger partial charge in [0.05, 0.1) is 36.0 Å². The molecule has 366 valence electrons. The van der Waals surface area contributed by atoms with E-state index in [0.29, 0.717) is 48.7 Å². The van der Waals surface area contributed by atoms with E-state index < -0.39 is 120 Å². The molecular weight excluding hydrogens is 905 g/mol. The average Bonchev–Trinajstić information content (AvgIpc) is 3.26. The van der Waals surface area contributed by atoms with Crippen LogP contribution in [0.5, 0.6) is 0 Å². The maximum absolute atomic E-state index is 13.4. The molecule has 16 nitrogen and oxygen atoms in total. The van der Waals surface area contributed by atoms with Gasteiger partial charge in [0, 0.05) is 38.5 Å². The van der Waals surface area contributed by atoms with Crippen molar-refractivity contribution < 1.29 is 58.2 Å². The van der Waals surface area contributed by atoms with Gasteiger partial charge in [-0.2, -0.15) is 47.0 Å². The molecule has 20 heteroatoms. The van der Waals surface area contributed by atoms with Crippen LogP contribution in [0.1, 0.15) is 116 Å². The number of aliphatic carboxylic acids is 2. The maximum atomic E-state index is 13.4. The standard InChI is InChI=1S/C44H74N4O12S4/c1-61-19-15-33(45)39(53)29(37(51)25-31(43(57)58)41(55)35(47)17-21-63-3)23-27(49)13-11-9-7-5-6-8-10-12-14-28(50)24-30(40(54)34(46)16-20-62-2)38(52)26-32(44(59)60)42(56)36(48)18-22-64-4/h29-36H,5-26,45-48H2,1-4H3,(H,57,58)(H,59,60)/t29-,30-,31-,32-,33-,34-,35-,36-/m0/s1. The van der Waals surface area contributed by atoms with Gasteiger partial charge in [0.1, 0.15) is 35.0 Å². The van der Waals surface area contributed by atoms with Crippen molar-refractivity contribution in [3.63, 3.8) is 0 Å². The second-order valence-electron chi connectivity index (χ2n) is 16.2. The van der Waals surface area contributed by atoms with Crippen molar-refractivity contribution in [3.05, 3.63) is 0 Å². The van der Waals surface area contributed by atoms with Crippen molar-refractivity contribution in [1.82, 2.24) is 0 Å². The number of nitrogens with two attached hydrogens (primary N) is 4. The van der Waals surface area contributed by atoms with E-state index in [1.54, 1.807) is 0 Å². The van der Waals surface area contributed by atoms with Gasteiger partial charge in [0.25, 0.3) is 0 Å². The average molecular weight is 979 g/mol. The number of carboxylic acid groups (broad SMARTS) is 2. The molecule has 0 radical (unpaired) electrons. The van der Waals surface area contributed by atoms with Gasteiger partial charge in [-0.15, -0.1) is 0 Å². The number of carbonyl (C=O) groups is 10. The van der Waals surface area contributed by atoms with E-state index in [1.165, 1.54) is 47.0 Å². The number of thioether (sulfide) groups is 4. The zero-order chi connectivity index (χ0) is 48.8.